The highest BCUT2D eigenvalue weighted by atomic mass is 16.1. The van der Waals surface area contributed by atoms with E-state index in [0.717, 1.165) is 23.2 Å². The summed E-state index contributed by atoms with van der Waals surface area (Å²) >= 11 is 0. The monoisotopic (exact) mass is 200 g/mol. The Morgan fingerprint density at radius 3 is 3.07 bits per heavy atom. The normalized spacial score (nSPS) is 18.9. The maximum Gasteiger partial charge on any atom is 0.242 e. The molecule has 1 amide bonds. The van der Waals surface area contributed by atoms with Crippen LogP contribution in [0.25, 0.3) is 0 Å². The van der Waals surface area contributed by atoms with Crippen LogP contribution >= 0.6 is 0 Å². The van der Waals surface area contributed by atoms with Crippen molar-refractivity contribution in [3.05, 3.63) is 29.3 Å². The molecule has 1 aromatic carbocycles. The Bertz CT molecular complexity index is 445. The lowest BCUT2D eigenvalue weighted by molar-refractivity contribution is -0.118. The molecule has 1 aromatic rings. The van der Waals surface area contributed by atoms with Crippen molar-refractivity contribution >= 4 is 11.6 Å². The number of hydrogen-bond donors (Lipinski definition) is 1. The molecule has 0 fully saturated rings. The number of hydrogen-bond acceptors (Lipinski definition) is 2. The van der Waals surface area contributed by atoms with E-state index in [1.54, 1.807) is 0 Å². The van der Waals surface area contributed by atoms with Gasteiger partial charge in [-0.15, -0.1) is 0 Å². The van der Waals surface area contributed by atoms with Gasteiger partial charge < -0.3 is 5.32 Å². The van der Waals surface area contributed by atoms with Gasteiger partial charge in [-0.25, -0.2) is 0 Å². The molecule has 2 rings (SSSR count). The van der Waals surface area contributed by atoms with Crippen molar-refractivity contribution in [2.24, 2.45) is 5.92 Å². The van der Waals surface area contributed by atoms with Crippen molar-refractivity contribution in [1.29, 1.82) is 5.26 Å². The summed E-state index contributed by atoms with van der Waals surface area (Å²) in [5.74, 6) is -0.712. The van der Waals surface area contributed by atoms with Gasteiger partial charge in [0, 0.05) is 5.69 Å². The van der Waals surface area contributed by atoms with Gasteiger partial charge in [0.2, 0.25) is 5.91 Å². The fourth-order valence-electron chi connectivity index (χ4n) is 1.91. The molecule has 1 aliphatic rings. The second-order valence-electron chi connectivity index (χ2n) is 3.68. The standard InChI is InChI=1S/C12H12N2O/c1-2-8-4-3-5-9-6-10(7-13)12(15)14-11(8)9/h3-5,10H,2,6H2,1H3,(H,14,15). The number of anilines is 1. The van der Waals surface area contributed by atoms with Crippen LogP contribution in [0.2, 0.25) is 0 Å². The van der Waals surface area contributed by atoms with Crippen LogP contribution in [0.3, 0.4) is 0 Å². The molecule has 3 heteroatoms. The van der Waals surface area contributed by atoms with Crippen molar-refractivity contribution < 1.29 is 4.79 Å². The third-order valence-electron chi connectivity index (χ3n) is 2.76. The summed E-state index contributed by atoms with van der Waals surface area (Å²) in [6.45, 7) is 2.05. The quantitative estimate of drug-likeness (QED) is 0.752. The lowest BCUT2D eigenvalue weighted by Crippen LogP contribution is -2.29. The molecule has 1 N–H and O–H groups in total. The fourth-order valence-corrected chi connectivity index (χ4v) is 1.91. The molecule has 0 saturated carbocycles. The van der Waals surface area contributed by atoms with Gasteiger partial charge in [0.25, 0.3) is 0 Å². The highest BCUT2D eigenvalue weighted by Crippen LogP contribution is 2.28. The zero-order valence-corrected chi connectivity index (χ0v) is 8.58. The van der Waals surface area contributed by atoms with Crippen LogP contribution < -0.4 is 5.32 Å². The molecular formula is C12H12N2O. The van der Waals surface area contributed by atoms with E-state index in [9.17, 15) is 4.79 Å². The number of fused-ring (bicyclic) bond motifs is 1. The maximum atomic E-state index is 11.5. The molecule has 1 heterocycles. The van der Waals surface area contributed by atoms with E-state index in [-0.39, 0.29) is 5.91 Å². The Morgan fingerprint density at radius 1 is 1.60 bits per heavy atom. The summed E-state index contributed by atoms with van der Waals surface area (Å²) in [7, 11) is 0. The topological polar surface area (TPSA) is 52.9 Å². The minimum absolute atomic E-state index is 0.175. The number of aryl methyl sites for hydroxylation is 1. The van der Waals surface area contributed by atoms with Crippen molar-refractivity contribution in [1.82, 2.24) is 0 Å². The zero-order valence-electron chi connectivity index (χ0n) is 8.58. The summed E-state index contributed by atoms with van der Waals surface area (Å²) in [6.07, 6.45) is 1.42. The first-order valence-corrected chi connectivity index (χ1v) is 5.07. The van der Waals surface area contributed by atoms with E-state index in [4.69, 9.17) is 5.26 Å². The van der Waals surface area contributed by atoms with Crippen molar-refractivity contribution in [2.75, 3.05) is 5.32 Å². The van der Waals surface area contributed by atoms with Gasteiger partial charge >= 0.3 is 0 Å². The summed E-state index contributed by atoms with van der Waals surface area (Å²) in [4.78, 5) is 11.5. The number of carbonyl (C=O) groups excluding carboxylic acids is 1. The van der Waals surface area contributed by atoms with Crippen LogP contribution in [0, 0.1) is 17.2 Å². The van der Waals surface area contributed by atoms with Crippen LogP contribution in [-0.4, -0.2) is 5.91 Å². The number of benzene rings is 1. The third kappa shape index (κ3) is 1.59. The van der Waals surface area contributed by atoms with Crippen molar-refractivity contribution in [3.8, 4) is 6.07 Å². The first kappa shape index (κ1) is 9.72. The summed E-state index contributed by atoms with van der Waals surface area (Å²) < 4.78 is 0. The Morgan fingerprint density at radius 2 is 2.40 bits per heavy atom. The lowest BCUT2D eigenvalue weighted by Gasteiger charge is -2.22. The first-order valence-electron chi connectivity index (χ1n) is 5.07. The number of nitrogens with zero attached hydrogens (tertiary/aromatic N) is 1. The van der Waals surface area contributed by atoms with Crippen molar-refractivity contribution in [2.45, 2.75) is 19.8 Å². The maximum absolute atomic E-state index is 11.5. The average Bonchev–Trinajstić information content (AvgIpc) is 2.27. The van der Waals surface area contributed by atoms with Gasteiger partial charge in [0.05, 0.1) is 6.07 Å². The highest BCUT2D eigenvalue weighted by molar-refractivity contribution is 5.98. The lowest BCUT2D eigenvalue weighted by atomic mass is 9.91. The van der Waals surface area contributed by atoms with Gasteiger partial charge in [-0.2, -0.15) is 5.26 Å². The second kappa shape index (κ2) is 3.74. The molecule has 0 bridgehead atoms. The number of nitriles is 1. The molecule has 1 atom stereocenters. The minimum atomic E-state index is -0.537. The Hall–Kier alpha value is -1.82. The molecule has 3 nitrogen and oxygen atoms in total. The van der Waals surface area contributed by atoms with Gasteiger partial charge in [0.15, 0.2) is 0 Å². The van der Waals surface area contributed by atoms with E-state index in [2.05, 4.69) is 12.2 Å². The zero-order chi connectivity index (χ0) is 10.8. The Balaban J connectivity index is 2.45. The minimum Gasteiger partial charge on any atom is -0.324 e. The molecule has 1 unspecified atom stereocenters. The van der Waals surface area contributed by atoms with Crippen LogP contribution in [0.4, 0.5) is 5.69 Å². The van der Waals surface area contributed by atoms with Gasteiger partial charge in [-0.1, -0.05) is 25.1 Å². The van der Waals surface area contributed by atoms with E-state index >= 15 is 0 Å². The Kier molecular flexibility index (Phi) is 2.42. The average molecular weight is 200 g/mol. The molecular weight excluding hydrogens is 188 g/mol. The summed E-state index contributed by atoms with van der Waals surface area (Å²) in [5, 5.41) is 11.6. The number of carbonyl (C=O) groups is 1. The van der Waals surface area contributed by atoms with Crippen LogP contribution in [0.5, 0.6) is 0 Å². The molecule has 0 aromatic heterocycles. The van der Waals surface area contributed by atoms with Crippen LogP contribution in [-0.2, 0) is 17.6 Å². The van der Waals surface area contributed by atoms with Crippen molar-refractivity contribution in [3.63, 3.8) is 0 Å². The van der Waals surface area contributed by atoms with E-state index in [1.807, 2.05) is 24.3 Å². The van der Waals surface area contributed by atoms with E-state index < -0.39 is 5.92 Å². The van der Waals surface area contributed by atoms with E-state index in [0.29, 0.717) is 6.42 Å². The molecule has 0 radical (unpaired) electrons. The number of nitrogens with one attached hydrogen (secondary N) is 1. The number of amides is 1. The smallest absolute Gasteiger partial charge is 0.242 e. The summed E-state index contributed by atoms with van der Waals surface area (Å²) in [6, 6.07) is 7.97. The predicted molar refractivity (Wildman–Crippen MR) is 57.3 cm³/mol. The molecule has 0 saturated heterocycles. The Labute approximate surface area is 88.7 Å². The fraction of sp³-hybridized carbons (Fsp3) is 0.333. The van der Waals surface area contributed by atoms with E-state index in [1.165, 1.54) is 0 Å². The van der Waals surface area contributed by atoms with Gasteiger partial charge in [-0.05, 0) is 24.0 Å². The first-order chi connectivity index (χ1) is 7.26. The third-order valence-corrected chi connectivity index (χ3v) is 2.76. The molecule has 0 aliphatic carbocycles. The molecule has 15 heavy (non-hydrogen) atoms. The van der Waals surface area contributed by atoms with Crippen LogP contribution in [0.1, 0.15) is 18.1 Å². The van der Waals surface area contributed by atoms with Gasteiger partial charge in [0.1, 0.15) is 5.92 Å². The summed E-state index contributed by atoms with van der Waals surface area (Å²) in [5.41, 5.74) is 3.12. The second-order valence-corrected chi connectivity index (χ2v) is 3.68. The highest BCUT2D eigenvalue weighted by Gasteiger charge is 2.26. The van der Waals surface area contributed by atoms with Crippen LogP contribution in [0.15, 0.2) is 18.2 Å². The number of rotatable bonds is 1. The van der Waals surface area contributed by atoms with Gasteiger partial charge in [-0.3, -0.25) is 4.79 Å². The number of para-hydroxylation sites is 1. The molecule has 76 valence electrons. The predicted octanol–water partition coefficient (Wildman–Crippen LogP) is 1.88. The largest absolute Gasteiger partial charge is 0.324 e. The SMILES string of the molecule is CCc1cccc2c1NC(=O)C(C#N)C2. The molecule has 0 spiro atoms. The molecule has 1 aliphatic heterocycles.